The summed E-state index contributed by atoms with van der Waals surface area (Å²) in [7, 11) is 0. The lowest BCUT2D eigenvalue weighted by molar-refractivity contribution is -0.383. The fraction of sp³-hybridized carbons (Fsp3) is 0.417. The van der Waals surface area contributed by atoms with E-state index in [-0.39, 0.29) is 23.8 Å². The maximum absolute atomic E-state index is 11.6. The van der Waals surface area contributed by atoms with Gasteiger partial charge in [0.1, 0.15) is 11.4 Å². The molecule has 0 radical (unpaired) electrons. The van der Waals surface area contributed by atoms with Gasteiger partial charge in [-0.2, -0.15) is 0 Å². The number of likely N-dealkylation sites (N-methyl/N-ethyl adjacent to an activating group) is 2. The van der Waals surface area contributed by atoms with Crippen molar-refractivity contribution in [3.05, 3.63) is 28.3 Å². The first-order valence-electron chi connectivity index (χ1n) is 6.05. The number of anilines is 2. The predicted molar refractivity (Wildman–Crippen MR) is 74.1 cm³/mol. The molecule has 0 bridgehead atoms. The summed E-state index contributed by atoms with van der Waals surface area (Å²) < 4.78 is 0. The van der Waals surface area contributed by atoms with Crippen molar-refractivity contribution in [2.24, 2.45) is 0 Å². The van der Waals surface area contributed by atoms with Crippen LogP contribution in [0, 0.1) is 10.1 Å². The molecule has 19 heavy (non-hydrogen) atoms. The number of nitro groups is 1. The Bertz CT molecular complexity index is 476. The van der Waals surface area contributed by atoms with Crippen LogP contribution in [0.2, 0.25) is 0 Å². The Balaban J connectivity index is 3.08. The first kappa shape index (κ1) is 14.7. The lowest BCUT2D eigenvalue weighted by Gasteiger charge is -2.22. The number of carbonyl (C=O) groups is 1. The van der Waals surface area contributed by atoms with Crippen LogP contribution in [0.3, 0.4) is 0 Å². The van der Waals surface area contributed by atoms with Gasteiger partial charge in [-0.3, -0.25) is 14.9 Å². The lowest BCUT2D eigenvalue weighted by Crippen LogP contribution is -2.37. The molecule has 1 aromatic rings. The van der Waals surface area contributed by atoms with Gasteiger partial charge in [-0.05, 0) is 26.0 Å². The lowest BCUT2D eigenvalue weighted by atomic mass is 10.2. The molecule has 0 fully saturated rings. The van der Waals surface area contributed by atoms with Crippen LogP contribution in [-0.4, -0.2) is 30.5 Å². The van der Waals surface area contributed by atoms with Crippen molar-refractivity contribution >= 4 is 23.0 Å². The van der Waals surface area contributed by atoms with E-state index in [2.05, 4.69) is 5.32 Å². The number of rotatable bonds is 6. The summed E-state index contributed by atoms with van der Waals surface area (Å²) in [6.45, 7) is 4.70. The SMILES string of the molecule is CCNC(=O)CN(CC)c1cccc(N)c1[N+](=O)[O-]. The minimum absolute atomic E-state index is 0.0641. The van der Waals surface area contributed by atoms with Crippen molar-refractivity contribution in [1.82, 2.24) is 5.32 Å². The second-order valence-electron chi connectivity index (χ2n) is 3.94. The van der Waals surface area contributed by atoms with Crippen molar-refractivity contribution in [2.45, 2.75) is 13.8 Å². The summed E-state index contributed by atoms with van der Waals surface area (Å²) >= 11 is 0. The molecule has 7 nitrogen and oxygen atoms in total. The summed E-state index contributed by atoms with van der Waals surface area (Å²) in [6.07, 6.45) is 0. The van der Waals surface area contributed by atoms with Gasteiger partial charge in [-0.25, -0.2) is 0 Å². The van der Waals surface area contributed by atoms with E-state index in [4.69, 9.17) is 5.73 Å². The molecule has 0 spiro atoms. The molecule has 0 saturated carbocycles. The molecule has 0 heterocycles. The summed E-state index contributed by atoms with van der Waals surface area (Å²) in [6, 6.07) is 4.71. The Morgan fingerprint density at radius 3 is 2.68 bits per heavy atom. The highest BCUT2D eigenvalue weighted by Gasteiger charge is 2.22. The molecule has 0 saturated heterocycles. The van der Waals surface area contributed by atoms with Gasteiger partial charge in [0.25, 0.3) is 0 Å². The number of hydrogen-bond donors (Lipinski definition) is 2. The van der Waals surface area contributed by atoms with Gasteiger partial charge in [-0.1, -0.05) is 6.07 Å². The van der Waals surface area contributed by atoms with E-state index in [1.807, 2.05) is 13.8 Å². The molecular formula is C12H18N4O3. The van der Waals surface area contributed by atoms with E-state index in [1.54, 1.807) is 17.0 Å². The van der Waals surface area contributed by atoms with Crippen molar-refractivity contribution in [1.29, 1.82) is 0 Å². The van der Waals surface area contributed by atoms with Crippen molar-refractivity contribution in [3.63, 3.8) is 0 Å². The summed E-state index contributed by atoms with van der Waals surface area (Å²) in [5.74, 6) is -0.180. The first-order valence-corrected chi connectivity index (χ1v) is 6.05. The Hall–Kier alpha value is -2.31. The molecule has 0 aliphatic carbocycles. The number of carbonyl (C=O) groups excluding carboxylic acids is 1. The predicted octanol–water partition coefficient (Wildman–Crippen LogP) is 1.14. The Labute approximate surface area is 111 Å². The molecule has 0 aromatic heterocycles. The molecule has 1 rings (SSSR count). The molecular weight excluding hydrogens is 248 g/mol. The fourth-order valence-electron chi connectivity index (χ4n) is 1.80. The maximum Gasteiger partial charge on any atom is 0.315 e. The third-order valence-corrected chi connectivity index (χ3v) is 2.66. The summed E-state index contributed by atoms with van der Waals surface area (Å²) in [5.41, 5.74) is 5.93. The first-order chi connectivity index (χ1) is 9.01. The summed E-state index contributed by atoms with van der Waals surface area (Å²) in [5, 5.41) is 13.7. The number of nitro benzene ring substituents is 1. The molecule has 1 amide bonds. The van der Waals surface area contributed by atoms with Crippen LogP contribution in [0.4, 0.5) is 17.1 Å². The highest BCUT2D eigenvalue weighted by molar-refractivity contribution is 5.84. The quantitative estimate of drug-likeness (QED) is 0.456. The highest BCUT2D eigenvalue weighted by atomic mass is 16.6. The van der Waals surface area contributed by atoms with E-state index in [0.717, 1.165) is 0 Å². The van der Waals surface area contributed by atoms with Gasteiger partial charge in [0, 0.05) is 13.1 Å². The number of amides is 1. The number of hydrogen-bond acceptors (Lipinski definition) is 5. The van der Waals surface area contributed by atoms with Crippen molar-refractivity contribution in [3.8, 4) is 0 Å². The van der Waals surface area contributed by atoms with Gasteiger partial charge >= 0.3 is 5.69 Å². The average Bonchev–Trinajstić information content (AvgIpc) is 2.35. The Morgan fingerprint density at radius 1 is 1.47 bits per heavy atom. The van der Waals surface area contributed by atoms with Gasteiger partial charge in [-0.15, -0.1) is 0 Å². The van der Waals surface area contributed by atoms with Crippen LogP contribution in [-0.2, 0) is 4.79 Å². The van der Waals surface area contributed by atoms with E-state index >= 15 is 0 Å². The second kappa shape index (κ2) is 6.58. The van der Waals surface area contributed by atoms with Crippen molar-refractivity contribution in [2.75, 3.05) is 30.3 Å². The zero-order valence-electron chi connectivity index (χ0n) is 11.0. The van der Waals surface area contributed by atoms with Gasteiger partial charge in [0.05, 0.1) is 11.5 Å². The fourth-order valence-corrected chi connectivity index (χ4v) is 1.80. The molecule has 0 atom stereocenters. The summed E-state index contributed by atoms with van der Waals surface area (Å²) in [4.78, 5) is 23.8. The number of nitrogens with zero attached hydrogens (tertiary/aromatic N) is 2. The number of nitrogens with two attached hydrogens (primary N) is 1. The minimum Gasteiger partial charge on any atom is -0.393 e. The van der Waals surface area contributed by atoms with E-state index in [9.17, 15) is 14.9 Å². The molecule has 3 N–H and O–H groups in total. The zero-order chi connectivity index (χ0) is 14.4. The number of para-hydroxylation sites is 1. The van der Waals surface area contributed by atoms with Crippen LogP contribution in [0.5, 0.6) is 0 Å². The van der Waals surface area contributed by atoms with E-state index in [0.29, 0.717) is 18.8 Å². The molecule has 7 heteroatoms. The van der Waals surface area contributed by atoms with E-state index < -0.39 is 4.92 Å². The maximum atomic E-state index is 11.6. The second-order valence-corrected chi connectivity index (χ2v) is 3.94. The zero-order valence-corrected chi connectivity index (χ0v) is 11.0. The largest absolute Gasteiger partial charge is 0.393 e. The highest BCUT2D eigenvalue weighted by Crippen LogP contribution is 2.33. The standard InChI is InChI=1S/C12H18N4O3/c1-3-14-11(17)8-15(4-2)10-7-5-6-9(13)12(10)16(18)19/h5-7H,3-4,8,13H2,1-2H3,(H,14,17). The van der Waals surface area contributed by atoms with Crippen molar-refractivity contribution < 1.29 is 9.72 Å². The molecule has 104 valence electrons. The number of nitrogens with one attached hydrogen (secondary N) is 1. The minimum atomic E-state index is -0.523. The van der Waals surface area contributed by atoms with E-state index in [1.165, 1.54) is 6.07 Å². The Kier molecular flexibility index (Phi) is 5.11. The van der Waals surface area contributed by atoms with Gasteiger partial charge < -0.3 is 16.0 Å². The van der Waals surface area contributed by atoms with Crippen LogP contribution in [0.1, 0.15) is 13.8 Å². The van der Waals surface area contributed by atoms with Crippen LogP contribution >= 0.6 is 0 Å². The molecule has 0 unspecified atom stereocenters. The van der Waals surface area contributed by atoms with Crippen LogP contribution in [0.15, 0.2) is 18.2 Å². The average molecular weight is 266 g/mol. The van der Waals surface area contributed by atoms with Crippen LogP contribution < -0.4 is 16.0 Å². The molecule has 0 aliphatic heterocycles. The van der Waals surface area contributed by atoms with Gasteiger partial charge in [0.15, 0.2) is 0 Å². The van der Waals surface area contributed by atoms with Gasteiger partial charge in [0.2, 0.25) is 5.91 Å². The smallest absolute Gasteiger partial charge is 0.315 e. The van der Waals surface area contributed by atoms with Crippen LogP contribution in [0.25, 0.3) is 0 Å². The molecule has 1 aromatic carbocycles. The third kappa shape index (κ3) is 3.57. The number of nitrogen functional groups attached to an aromatic ring is 1. The molecule has 0 aliphatic rings. The number of benzene rings is 1. The Morgan fingerprint density at radius 2 is 2.16 bits per heavy atom. The monoisotopic (exact) mass is 266 g/mol. The normalized spacial score (nSPS) is 10.0. The third-order valence-electron chi connectivity index (χ3n) is 2.66. The topological polar surface area (TPSA) is 102 Å².